The molecule has 1 fully saturated rings. The van der Waals surface area contributed by atoms with Crippen LogP contribution in [0.5, 0.6) is 0 Å². The van der Waals surface area contributed by atoms with Gasteiger partial charge in [-0.05, 0) is 13.0 Å². The van der Waals surface area contributed by atoms with Crippen LogP contribution >= 0.6 is 11.8 Å². The van der Waals surface area contributed by atoms with Crippen LogP contribution < -0.4 is 15.6 Å². The summed E-state index contributed by atoms with van der Waals surface area (Å²) in [5.74, 6) is -1.98. The fourth-order valence-electron chi connectivity index (χ4n) is 3.57. The number of amides is 2. The number of hydrogen-bond donors (Lipinski definition) is 3. The number of pyridine rings is 1. The summed E-state index contributed by atoms with van der Waals surface area (Å²) in [5.41, 5.74) is 5.99. The minimum absolute atomic E-state index is 0.0563. The summed E-state index contributed by atoms with van der Waals surface area (Å²) >= 11 is 1.38. The number of carbonyl (C=O) groups is 3. The number of oxime groups is 1. The zero-order chi connectivity index (χ0) is 24.2. The van der Waals surface area contributed by atoms with Crippen molar-refractivity contribution in [3.63, 3.8) is 0 Å². The van der Waals surface area contributed by atoms with Crippen LogP contribution in [0.1, 0.15) is 12.7 Å². The van der Waals surface area contributed by atoms with Gasteiger partial charge in [0.15, 0.2) is 24.8 Å². The average Bonchev–Trinajstić information content (AvgIpc) is 2.83. The minimum atomic E-state index is -1.19. The lowest BCUT2D eigenvalue weighted by Crippen LogP contribution is -2.71. The quantitative estimate of drug-likeness (QED) is 0.194. The monoisotopic (exact) mass is 484 g/mol. The van der Waals surface area contributed by atoms with Crippen LogP contribution in [0.25, 0.3) is 0 Å². The molecule has 0 radical (unpaired) electrons. The van der Waals surface area contributed by atoms with Crippen LogP contribution in [0.15, 0.2) is 59.3 Å². The average molecular weight is 485 g/mol. The number of nitrogens with zero attached hydrogens (tertiary/aromatic N) is 5. The maximum absolute atomic E-state index is 13.0. The number of anilines is 1. The van der Waals surface area contributed by atoms with E-state index < -0.39 is 29.2 Å². The first-order valence-corrected chi connectivity index (χ1v) is 11.4. The number of hydrogen-bond acceptors (Lipinski definition) is 9. The Labute approximate surface area is 198 Å². The van der Waals surface area contributed by atoms with Gasteiger partial charge in [-0.15, -0.1) is 11.8 Å². The van der Waals surface area contributed by atoms with Crippen LogP contribution in [-0.4, -0.2) is 67.2 Å². The summed E-state index contributed by atoms with van der Waals surface area (Å²) in [6, 6.07) is 6.05. The molecule has 2 atom stereocenters. The molecule has 13 heteroatoms. The number of rotatable bonds is 8. The second-order valence-electron chi connectivity index (χ2n) is 7.33. The summed E-state index contributed by atoms with van der Waals surface area (Å²) in [6.07, 6.45) is 5.01. The van der Waals surface area contributed by atoms with Crippen molar-refractivity contribution in [2.75, 3.05) is 18.1 Å². The molecule has 0 bridgehead atoms. The predicted octanol–water partition coefficient (Wildman–Crippen LogP) is -0.474. The molecule has 0 saturated carbocycles. The third-order valence-electron chi connectivity index (χ3n) is 5.08. The van der Waals surface area contributed by atoms with Crippen LogP contribution in [-0.2, 0) is 25.8 Å². The van der Waals surface area contributed by atoms with Gasteiger partial charge in [0.05, 0.1) is 0 Å². The van der Waals surface area contributed by atoms with E-state index in [0.29, 0.717) is 17.9 Å². The number of nitrogen functional groups attached to an aromatic ring is 1. The largest absolute Gasteiger partial charge is 0.477 e. The Bertz CT molecular complexity index is 1190. The minimum Gasteiger partial charge on any atom is -0.477 e. The molecule has 2 aliphatic heterocycles. The number of β-lactam (4-membered cyclic amide) rings is 1. The van der Waals surface area contributed by atoms with E-state index in [0.717, 1.165) is 0 Å². The molecule has 2 aromatic heterocycles. The van der Waals surface area contributed by atoms with E-state index in [1.807, 2.05) is 35.2 Å². The molecule has 1 unspecified atom stereocenters. The number of aliphatic carboxylic acids is 1. The number of nitrogens with two attached hydrogens (primary N) is 1. The van der Waals surface area contributed by atoms with Crippen LogP contribution in [0.2, 0.25) is 0 Å². The van der Waals surface area contributed by atoms with Gasteiger partial charge in [-0.3, -0.25) is 14.5 Å². The zero-order valence-electron chi connectivity index (χ0n) is 18.1. The number of thioether (sulfide) groups is 1. The first kappa shape index (κ1) is 23.2. The van der Waals surface area contributed by atoms with E-state index in [1.54, 1.807) is 6.92 Å². The molecule has 1 saturated heterocycles. The number of carboxylic acid groups (broad SMARTS) is 1. The molecule has 4 N–H and O–H groups in total. The van der Waals surface area contributed by atoms with Crippen molar-refractivity contribution in [3.8, 4) is 0 Å². The van der Waals surface area contributed by atoms with Crippen molar-refractivity contribution in [1.29, 1.82) is 0 Å². The maximum Gasteiger partial charge on any atom is 0.352 e. The standard InChI is InChI=1S/C21H21N7O5S/c1-2-33-26-14(17-23-7-6-13(22)24-17)18(29)25-15-19(30)28-16(21(31)32)12(11-34-20(15)28)10-27-8-4-3-5-9-27/h3-9,15,20H,2,10-11H2,1H3,(H3-,22,23,24,25,29,31,32)/p+1/t15?,20-/m0/s1. The molecule has 2 aliphatic rings. The smallest absolute Gasteiger partial charge is 0.352 e. The zero-order valence-corrected chi connectivity index (χ0v) is 18.9. The molecule has 0 aromatic carbocycles. The Morgan fingerprint density at radius 3 is 2.82 bits per heavy atom. The van der Waals surface area contributed by atoms with E-state index in [1.165, 1.54) is 28.9 Å². The van der Waals surface area contributed by atoms with Gasteiger partial charge in [0.2, 0.25) is 5.71 Å². The Morgan fingerprint density at radius 2 is 2.15 bits per heavy atom. The highest BCUT2D eigenvalue weighted by Crippen LogP contribution is 2.40. The highest BCUT2D eigenvalue weighted by molar-refractivity contribution is 8.00. The summed E-state index contributed by atoms with van der Waals surface area (Å²) < 4.78 is 1.84. The Balaban J connectivity index is 1.54. The predicted molar refractivity (Wildman–Crippen MR) is 121 cm³/mol. The van der Waals surface area contributed by atoms with Gasteiger partial charge in [0.25, 0.3) is 11.8 Å². The Morgan fingerprint density at radius 1 is 1.38 bits per heavy atom. The van der Waals surface area contributed by atoms with E-state index in [4.69, 9.17) is 10.6 Å². The Kier molecular flexibility index (Phi) is 6.72. The summed E-state index contributed by atoms with van der Waals surface area (Å²) in [7, 11) is 0. The fraction of sp³-hybridized carbons (Fsp3) is 0.286. The first-order valence-electron chi connectivity index (χ1n) is 10.3. The molecule has 12 nitrogen and oxygen atoms in total. The SMILES string of the molecule is CCON=C(C(=O)NC1C(=O)N2C(C(=O)O)=C(C[n+]3ccccc3)CS[C@@H]12)c1nccc(N)n1. The fourth-order valence-corrected chi connectivity index (χ4v) is 4.91. The molecule has 34 heavy (non-hydrogen) atoms. The highest BCUT2D eigenvalue weighted by Gasteiger charge is 2.54. The summed E-state index contributed by atoms with van der Waals surface area (Å²) in [6.45, 7) is 2.22. The third kappa shape index (κ3) is 4.55. The van der Waals surface area contributed by atoms with Crippen molar-refractivity contribution >= 4 is 41.1 Å². The van der Waals surface area contributed by atoms with Crippen LogP contribution in [0.4, 0.5) is 5.82 Å². The normalized spacial score (nSPS) is 19.9. The molecular weight excluding hydrogens is 462 g/mol. The molecule has 0 aliphatic carbocycles. The topological polar surface area (TPSA) is 164 Å². The van der Waals surface area contributed by atoms with Crippen molar-refractivity contribution in [1.82, 2.24) is 20.2 Å². The third-order valence-corrected chi connectivity index (χ3v) is 6.42. The summed E-state index contributed by atoms with van der Waals surface area (Å²) in [5, 5.41) is 15.7. The van der Waals surface area contributed by atoms with E-state index in [9.17, 15) is 19.5 Å². The van der Waals surface area contributed by atoms with Crippen LogP contribution in [0.3, 0.4) is 0 Å². The highest BCUT2D eigenvalue weighted by atomic mass is 32.2. The summed E-state index contributed by atoms with van der Waals surface area (Å²) in [4.78, 5) is 52.2. The number of carboxylic acids is 1. The number of nitrogens with one attached hydrogen (secondary N) is 1. The van der Waals surface area contributed by atoms with Crippen molar-refractivity contribution < 1.29 is 28.9 Å². The van der Waals surface area contributed by atoms with Crippen LogP contribution in [0, 0.1) is 0 Å². The van der Waals surface area contributed by atoms with E-state index >= 15 is 0 Å². The van der Waals surface area contributed by atoms with Gasteiger partial charge in [-0.1, -0.05) is 11.2 Å². The van der Waals surface area contributed by atoms with Gasteiger partial charge < -0.3 is 21.0 Å². The molecule has 2 aromatic rings. The lowest BCUT2D eigenvalue weighted by atomic mass is 10.0. The van der Waals surface area contributed by atoms with Gasteiger partial charge >= 0.3 is 5.97 Å². The Hall–Kier alpha value is -4.00. The molecule has 2 amide bonds. The number of carbonyl (C=O) groups excluding carboxylic acids is 2. The second-order valence-corrected chi connectivity index (χ2v) is 8.43. The van der Waals surface area contributed by atoms with Gasteiger partial charge in [-0.2, -0.15) is 0 Å². The molecule has 176 valence electrons. The first-order chi connectivity index (χ1) is 16.4. The molecular formula is C21H22N7O5S+. The molecule has 0 spiro atoms. The van der Waals surface area contributed by atoms with Gasteiger partial charge in [0.1, 0.15) is 29.5 Å². The second kappa shape index (κ2) is 9.87. The van der Waals surface area contributed by atoms with Crippen molar-refractivity contribution in [2.24, 2.45) is 5.16 Å². The van der Waals surface area contributed by atoms with E-state index in [2.05, 4.69) is 20.4 Å². The van der Waals surface area contributed by atoms with Gasteiger partial charge in [0, 0.05) is 29.7 Å². The number of fused-ring (bicyclic) bond motifs is 1. The molecule has 4 rings (SSSR count). The van der Waals surface area contributed by atoms with E-state index in [-0.39, 0.29) is 29.7 Å². The lowest BCUT2D eigenvalue weighted by molar-refractivity contribution is -0.689. The number of aromatic nitrogens is 3. The lowest BCUT2D eigenvalue weighted by Gasteiger charge is -2.49. The van der Waals surface area contributed by atoms with Crippen molar-refractivity contribution in [2.45, 2.75) is 24.9 Å². The maximum atomic E-state index is 13.0. The van der Waals surface area contributed by atoms with Crippen molar-refractivity contribution in [3.05, 3.63) is 60.0 Å². The molecule has 4 heterocycles. The van der Waals surface area contributed by atoms with Gasteiger partial charge in [-0.25, -0.2) is 19.3 Å².